The highest BCUT2D eigenvalue weighted by Gasteiger charge is 2.18. The molecule has 0 bridgehead atoms. The summed E-state index contributed by atoms with van der Waals surface area (Å²) in [6.45, 7) is 4.26. The molecule has 0 atom stereocenters. The normalized spacial score (nSPS) is 10.7. The van der Waals surface area contributed by atoms with E-state index in [4.69, 9.17) is 5.73 Å². The molecule has 0 aliphatic rings. The van der Waals surface area contributed by atoms with Gasteiger partial charge in [0, 0.05) is 29.4 Å². The largest absolute Gasteiger partial charge is 0.350 e. The van der Waals surface area contributed by atoms with Crippen LogP contribution in [0.4, 0.5) is 0 Å². The predicted octanol–water partition coefficient (Wildman–Crippen LogP) is 3.69. The van der Waals surface area contributed by atoms with Gasteiger partial charge >= 0.3 is 0 Å². The number of nitrogens with zero attached hydrogens (tertiary/aromatic N) is 1. The molecule has 0 unspecified atom stereocenters. The summed E-state index contributed by atoms with van der Waals surface area (Å²) in [5.74, 6) is 0.0147. The lowest BCUT2D eigenvalue weighted by Crippen LogP contribution is -2.48. The number of rotatable bonds is 5. The Kier molecular flexibility index (Phi) is 8.87. The van der Waals surface area contributed by atoms with E-state index in [0.717, 1.165) is 19.7 Å². The summed E-state index contributed by atoms with van der Waals surface area (Å²) in [4.78, 5) is 16.4. The lowest BCUT2D eigenvalue weighted by Gasteiger charge is -2.24. The SMILES string of the molecule is CC(C)(CN)NC(=O)CCc1nc2cc(Br)ccc2s1.Cl.Cl. The van der Waals surface area contributed by atoms with Gasteiger partial charge in [-0.15, -0.1) is 36.2 Å². The minimum atomic E-state index is -0.352. The number of amides is 1. The molecule has 2 rings (SSSR count). The number of fused-ring (bicyclic) bond motifs is 1. The zero-order valence-corrected chi connectivity index (χ0v) is 16.4. The molecule has 0 saturated heterocycles. The molecule has 0 radical (unpaired) electrons. The molecule has 3 N–H and O–H groups in total. The summed E-state index contributed by atoms with van der Waals surface area (Å²) in [5, 5.41) is 3.91. The number of thiazole rings is 1. The van der Waals surface area contributed by atoms with Crippen LogP contribution in [0.15, 0.2) is 22.7 Å². The van der Waals surface area contributed by atoms with E-state index in [1.165, 1.54) is 0 Å². The number of aromatic nitrogens is 1. The maximum absolute atomic E-state index is 11.9. The van der Waals surface area contributed by atoms with E-state index in [1.54, 1.807) is 11.3 Å². The van der Waals surface area contributed by atoms with Crippen LogP contribution in [-0.2, 0) is 11.2 Å². The Morgan fingerprint density at radius 3 is 2.73 bits per heavy atom. The van der Waals surface area contributed by atoms with Gasteiger partial charge in [0.05, 0.1) is 15.2 Å². The standard InChI is InChI=1S/C14H18BrN3OS.2ClH/c1-14(2,8-16)18-12(19)5-6-13-17-10-7-9(15)3-4-11(10)20-13;;/h3-4,7H,5-6,8,16H2,1-2H3,(H,18,19);2*1H. The molecule has 1 aromatic heterocycles. The van der Waals surface area contributed by atoms with Crippen molar-refractivity contribution in [3.63, 3.8) is 0 Å². The zero-order valence-electron chi connectivity index (χ0n) is 12.4. The van der Waals surface area contributed by atoms with Gasteiger partial charge in [-0.05, 0) is 32.0 Å². The molecule has 1 aromatic carbocycles. The first kappa shape index (κ1) is 21.6. The van der Waals surface area contributed by atoms with Crippen LogP contribution in [0.3, 0.4) is 0 Å². The number of nitrogens with one attached hydrogen (secondary N) is 1. The summed E-state index contributed by atoms with van der Waals surface area (Å²) in [6.07, 6.45) is 1.09. The molecule has 1 heterocycles. The number of aryl methyl sites for hydroxylation is 1. The number of hydrogen-bond donors (Lipinski definition) is 2. The van der Waals surface area contributed by atoms with Gasteiger partial charge in [0.15, 0.2) is 0 Å². The third-order valence-electron chi connectivity index (χ3n) is 2.95. The van der Waals surface area contributed by atoms with Gasteiger partial charge in [-0.1, -0.05) is 15.9 Å². The van der Waals surface area contributed by atoms with E-state index in [-0.39, 0.29) is 36.3 Å². The van der Waals surface area contributed by atoms with E-state index in [9.17, 15) is 4.79 Å². The van der Waals surface area contributed by atoms with Crippen molar-refractivity contribution < 1.29 is 4.79 Å². The topological polar surface area (TPSA) is 68.0 Å². The first-order chi connectivity index (χ1) is 9.39. The van der Waals surface area contributed by atoms with Crippen LogP contribution in [0, 0.1) is 0 Å². The second-order valence-electron chi connectivity index (χ2n) is 5.36. The highest BCUT2D eigenvalue weighted by atomic mass is 79.9. The van der Waals surface area contributed by atoms with Gasteiger partial charge in [-0.25, -0.2) is 4.98 Å². The average Bonchev–Trinajstić information content (AvgIpc) is 2.78. The number of nitrogens with two attached hydrogens (primary N) is 1. The molecule has 4 nitrogen and oxygen atoms in total. The lowest BCUT2D eigenvalue weighted by atomic mass is 10.1. The summed E-state index contributed by atoms with van der Waals surface area (Å²) in [7, 11) is 0. The van der Waals surface area contributed by atoms with Gasteiger partial charge in [0.1, 0.15) is 0 Å². The highest BCUT2D eigenvalue weighted by Crippen LogP contribution is 2.25. The third kappa shape index (κ3) is 6.01. The lowest BCUT2D eigenvalue weighted by molar-refractivity contribution is -0.122. The Morgan fingerprint density at radius 1 is 1.41 bits per heavy atom. The molecular formula is C14H20BrCl2N3OS. The van der Waals surface area contributed by atoms with E-state index in [0.29, 0.717) is 19.4 Å². The van der Waals surface area contributed by atoms with Crippen molar-refractivity contribution in [1.82, 2.24) is 10.3 Å². The fourth-order valence-electron chi connectivity index (χ4n) is 1.77. The van der Waals surface area contributed by atoms with E-state index < -0.39 is 0 Å². The Bertz CT molecular complexity index is 634. The highest BCUT2D eigenvalue weighted by molar-refractivity contribution is 9.10. The molecule has 0 spiro atoms. The van der Waals surface area contributed by atoms with Crippen LogP contribution in [0.25, 0.3) is 10.2 Å². The van der Waals surface area contributed by atoms with Crippen molar-refractivity contribution in [2.24, 2.45) is 5.73 Å². The summed E-state index contributed by atoms with van der Waals surface area (Å²) in [5.41, 5.74) is 6.22. The maximum Gasteiger partial charge on any atom is 0.220 e. The molecule has 0 fully saturated rings. The number of halogens is 3. The van der Waals surface area contributed by atoms with E-state index >= 15 is 0 Å². The Labute approximate surface area is 155 Å². The van der Waals surface area contributed by atoms with Crippen LogP contribution >= 0.6 is 52.1 Å². The monoisotopic (exact) mass is 427 g/mol. The Hall–Kier alpha value is -0.400. The van der Waals surface area contributed by atoms with Crippen molar-refractivity contribution >= 4 is 68.2 Å². The zero-order chi connectivity index (χ0) is 14.8. The second-order valence-corrected chi connectivity index (χ2v) is 7.39. The smallest absolute Gasteiger partial charge is 0.220 e. The summed E-state index contributed by atoms with van der Waals surface area (Å²) in [6, 6.07) is 6.03. The minimum Gasteiger partial charge on any atom is -0.350 e. The fraction of sp³-hybridized carbons (Fsp3) is 0.429. The fourth-order valence-corrected chi connectivity index (χ4v) is 3.06. The molecule has 0 saturated carbocycles. The molecule has 124 valence electrons. The van der Waals surface area contributed by atoms with Crippen LogP contribution < -0.4 is 11.1 Å². The van der Waals surface area contributed by atoms with Crippen LogP contribution in [-0.4, -0.2) is 23.0 Å². The molecule has 2 aromatic rings. The second kappa shape index (κ2) is 9.03. The number of benzene rings is 1. The van der Waals surface area contributed by atoms with Crippen LogP contribution in [0.1, 0.15) is 25.3 Å². The van der Waals surface area contributed by atoms with Gasteiger partial charge < -0.3 is 11.1 Å². The van der Waals surface area contributed by atoms with Crippen LogP contribution in [0.2, 0.25) is 0 Å². The summed E-state index contributed by atoms with van der Waals surface area (Å²) >= 11 is 5.07. The van der Waals surface area contributed by atoms with Gasteiger partial charge in [-0.2, -0.15) is 0 Å². The number of carbonyl (C=O) groups excluding carboxylic acids is 1. The van der Waals surface area contributed by atoms with Crippen molar-refractivity contribution in [1.29, 1.82) is 0 Å². The minimum absolute atomic E-state index is 0. The molecule has 1 amide bonds. The quantitative estimate of drug-likeness (QED) is 0.762. The van der Waals surface area contributed by atoms with Gasteiger partial charge in [0.25, 0.3) is 0 Å². The van der Waals surface area contributed by atoms with Gasteiger partial charge in [0.2, 0.25) is 5.91 Å². The van der Waals surface area contributed by atoms with Crippen LogP contribution in [0.5, 0.6) is 0 Å². The molecular weight excluding hydrogens is 409 g/mol. The third-order valence-corrected chi connectivity index (χ3v) is 4.54. The van der Waals surface area contributed by atoms with Crippen molar-refractivity contribution in [2.75, 3.05) is 6.54 Å². The molecule has 0 aliphatic carbocycles. The number of carbonyl (C=O) groups is 1. The first-order valence-electron chi connectivity index (χ1n) is 6.46. The Balaban J connectivity index is 0.00000220. The number of hydrogen-bond acceptors (Lipinski definition) is 4. The average molecular weight is 429 g/mol. The van der Waals surface area contributed by atoms with Gasteiger partial charge in [-0.3, -0.25) is 4.79 Å². The Morgan fingerprint density at radius 2 is 2.09 bits per heavy atom. The summed E-state index contributed by atoms with van der Waals surface area (Å²) < 4.78 is 2.16. The first-order valence-corrected chi connectivity index (χ1v) is 8.07. The van der Waals surface area contributed by atoms with E-state index in [2.05, 4.69) is 26.2 Å². The van der Waals surface area contributed by atoms with Crippen molar-refractivity contribution in [3.8, 4) is 0 Å². The van der Waals surface area contributed by atoms with E-state index in [1.807, 2.05) is 32.0 Å². The molecule has 0 aliphatic heterocycles. The van der Waals surface area contributed by atoms with Crippen molar-refractivity contribution in [2.45, 2.75) is 32.2 Å². The van der Waals surface area contributed by atoms with Crippen molar-refractivity contribution in [3.05, 3.63) is 27.7 Å². The maximum atomic E-state index is 11.9. The predicted molar refractivity (Wildman–Crippen MR) is 101 cm³/mol. The molecule has 8 heteroatoms. The molecule has 22 heavy (non-hydrogen) atoms.